The summed E-state index contributed by atoms with van der Waals surface area (Å²) in [5, 5.41) is 6.04. The molecule has 0 fully saturated rings. The Morgan fingerprint density at radius 1 is 1.53 bits per heavy atom. The number of aromatic nitrogens is 1. The number of rotatable bonds is 6. The SMILES string of the molecule is CNc1ccc(Cl)c(C(=O)NCCCSC)n1. The molecule has 0 spiro atoms. The number of hydrogen-bond acceptors (Lipinski definition) is 4. The first-order chi connectivity index (χ1) is 8.19. The predicted molar refractivity (Wildman–Crippen MR) is 74.1 cm³/mol. The van der Waals surface area contributed by atoms with Crippen molar-refractivity contribution in [3.8, 4) is 0 Å². The standard InChI is InChI=1S/C11H16ClN3OS/c1-13-9-5-4-8(12)10(15-9)11(16)14-6-3-7-17-2/h4-5H,3,6-7H2,1-2H3,(H,13,15)(H,14,16). The molecule has 0 atom stereocenters. The molecule has 0 aliphatic heterocycles. The topological polar surface area (TPSA) is 54.0 Å². The number of anilines is 1. The van der Waals surface area contributed by atoms with Gasteiger partial charge in [0.1, 0.15) is 11.5 Å². The Labute approximate surface area is 111 Å². The maximum absolute atomic E-state index is 11.8. The van der Waals surface area contributed by atoms with E-state index >= 15 is 0 Å². The van der Waals surface area contributed by atoms with Gasteiger partial charge >= 0.3 is 0 Å². The Kier molecular flexibility index (Phi) is 6.15. The van der Waals surface area contributed by atoms with Crippen LogP contribution in [0.5, 0.6) is 0 Å². The van der Waals surface area contributed by atoms with Gasteiger partial charge in [-0.1, -0.05) is 11.6 Å². The number of nitrogens with zero attached hydrogens (tertiary/aromatic N) is 1. The molecule has 0 aliphatic carbocycles. The lowest BCUT2D eigenvalue weighted by Crippen LogP contribution is -2.26. The maximum Gasteiger partial charge on any atom is 0.271 e. The Morgan fingerprint density at radius 2 is 2.29 bits per heavy atom. The molecule has 0 bridgehead atoms. The molecule has 0 saturated carbocycles. The number of carbonyl (C=O) groups excluding carboxylic acids is 1. The van der Waals surface area contributed by atoms with Crippen molar-refractivity contribution >= 4 is 35.1 Å². The van der Waals surface area contributed by atoms with Crippen molar-refractivity contribution in [2.45, 2.75) is 6.42 Å². The fourth-order valence-electron chi connectivity index (χ4n) is 1.24. The minimum absolute atomic E-state index is 0.229. The average molecular weight is 274 g/mol. The maximum atomic E-state index is 11.8. The van der Waals surface area contributed by atoms with Crippen LogP contribution in [0, 0.1) is 0 Å². The molecule has 0 aromatic carbocycles. The third kappa shape index (κ3) is 4.44. The van der Waals surface area contributed by atoms with Crippen LogP contribution in [-0.4, -0.2) is 36.5 Å². The summed E-state index contributed by atoms with van der Waals surface area (Å²) in [5.74, 6) is 1.43. The van der Waals surface area contributed by atoms with Crippen LogP contribution in [0.25, 0.3) is 0 Å². The van der Waals surface area contributed by atoms with Gasteiger partial charge in [-0.3, -0.25) is 4.79 Å². The fraction of sp³-hybridized carbons (Fsp3) is 0.455. The van der Waals surface area contributed by atoms with Crippen LogP contribution in [0.15, 0.2) is 12.1 Å². The van der Waals surface area contributed by atoms with Crippen molar-refractivity contribution in [2.24, 2.45) is 0 Å². The van der Waals surface area contributed by atoms with E-state index in [0.717, 1.165) is 12.2 Å². The van der Waals surface area contributed by atoms with Gasteiger partial charge < -0.3 is 10.6 Å². The number of halogens is 1. The molecule has 4 nitrogen and oxygen atoms in total. The number of thioether (sulfide) groups is 1. The van der Waals surface area contributed by atoms with Crippen molar-refractivity contribution in [3.05, 3.63) is 22.8 Å². The second-order valence-electron chi connectivity index (χ2n) is 3.38. The monoisotopic (exact) mass is 273 g/mol. The third-order valence-electron chi connectivity index (χ3n) is 2.13. The summed E-state index contributed by atoms with van der Waals surface area (Å²) in [5.41, 5.74) is 0.266. The number of amides is 1. The van der Waals surface area contributed by atoms with Crippen LogP contribution in [0.1, 0.15) is 16.9 Å². The van der Waals surface area contributed by atoms with E-state index in [1.54, 1.807) is 30.9 Å². The minimum Gasteiger partial charge on any atom is -0.373 e. The van der Waals surface area contributed by atoms with Crippen molar-refractivity contribution in [1.82, 2.24) is 10.3 Å². The summed E-state index contributed by atoms with van der Waals surface area (Å²) in [6, 6.07) is 3.39. The summed E-state index contributed by atoms with van der Waals surface area (Å²) in [6.07, 6.45) is 2.98. The number of nitrogens with one attached hydrogen (secondary N) is 2. The number of pyridine rings is 1. The lowest BCUT2D eigenvalue weighted by molar-refractivity contribution is 0.0949. The molecule has 6 heteroatoms. The summed E-state index contributed by atoms with van der Waals surface area (Å²) >= 11 is 7.69. The Bertz CT molecular complexity index is 387. The van der Waals surface area contributed by atoms with Gasteiger partial charge in [-0.15, -0.1) is 0 Å². The number of carbonyl (C=O) groups is 1. The molecule has 94 valence electrons. The highest BCUT2D eigenvalue weighted by molar-refractivity contribution is 7.98. The van der Waals surface area contributed by atoms with Crippen LogP contribution in [-0.2, 0) is 0 Å². The van der Waals surface area contributed by atoms with Crippen LogP contribution in [0.2, 0.25) is 5.02 Å². The second kappa shape index (κ2) is 7.40. The Hall–Kier alpha value is -0.940. The van der Waals surface area contributed by atoms with Gasteiger partial charge in [0, 0.05) is 13.6 Å². The summed E-state index contributed by atoms with van der Waals surface area (Å²) in [4.78, 5) is 15.9. The molecule has 2 N–H and O–H groups in total. The van der Waals surface area contributed by atoms with Crippen LogP contribution < -0.4 is 10.6 Å². The van der Waals surface area contributed by atoms with E-state index in [9.17, 15) is 4.79 Å². The third-order valence-corrected chi connectivity index (χ3v) is 3.13. The van der Waals surface area contributed by atoms with Gasteiger partial charge in [-0.2, -0.15) is 11.8 Å². The first-order valence-electron chi connectivity index (χ1n) is 5.30. The number of hydrogen-bond donors (Lipinski definition) is 2. The molecule has 0 radical (unpaired) electrons. The second-order valence-corrected chi connectivity index (χ2v) is 4.77. The molecule has 0 saturated heterocycles. The Morgan fingerprint density at radius 3 is 2.94 bits per heavy atom. The van der Waals surface area contributed by atoms with Crippen molar-refractivity contribution in [2.75, 3.05) is 30.9 Å². The molecular weight excluding hydrogens is 258 g/mol. The van der Waals surface area contributed by atoms with E-state index in [0.29, 0.717) is 17.4 Å². The van der Waals surface area contributed by atoms with E-state index in [4.69, 9.17) is 11.6 Å². The molecule has 17 heavy (non-hydrogen) atoms. The first kappa shape index (κ1) is 14.1. The summed E-state index contributed by atoms with van der Waals surface area (Å²) < 4.78 is 0. The van der Waals surface area contributed by atoms with Gasteiger partial charge in [0.2, 0.25) is 0 Å². The van der Waals surface area contributed by atoms with Gasteiger partial charge in [-0.25, -0.2) is 4.98 Å². The summed E-state index contributed by atoms with van der Waals surface area (Å²) in [6.45, 7) is 0.640. The predicted octanol–water partition coefficient (Wildman–Crippen LogP) is 2.26. The highest BCUT2D eigenvalue weighted by Crippen LogP contribution is 2.16. The normalized spacial score (nSPS) is 10.1. The molecule has 1 aromatic rings. The van der Waals surface area contributed by atoms with Crippen molar-refractivity contribution in [3.63, 3.8) is 0 Å². The van der Waals surface area contributed by atoms with E-state index < -0.39 is 0 Å². The molecule has 1 heterocycles. The lowest BCUT2D eigenvalue weighted by atomic mass is 10.3. The smallest absolute Gasteiger partial charge is 0.271 e. The van der Waals surface area contributed by atoms with Crippen LogP contribution >= 0.6 is 23.4 Å². The van der Waals surface area contributed by atoms with Gasteiger partial charge in [-0.05, 0) is 30.6 Å². The molecule has 1 amide bonds. The highest BCUT2D eigenvalue weighted by Gasteiger charge is 2.12. The van der Waals surface area contributed by atoms with Crippen molar-refractivity contribution in [1.29, 1.82) is 0 Å². The largest absolute Gasteiger partial charge is 0.373 e. The van der Waals surface area contributed by atoms with Gasteiger partial charge in [0.25, 0.3) is 5.91 Å². The highest BCUT2D eigenvalue weighted by atomic mass is 35.5. The molecular formula is C11H16ClN3OS. The fourth-order valence-corrected chi connectivity index (χ4v) is 1.87. The van der Waals surface area contributed by atoms with Crippen LogP contribution in [0.4, 0.5) is 5.82 Å². The van der Waals surface area contributed by atoms with Crippen molar-refractivity contribution < 1.29 is 4.79 Å². The van der Waals surface area contributed by atoms with E-state index in [1.807, 2.05) is 6.26 Å². The first-order valence-corrected chi connectivity index (χ1v) is 7.07. The zero-order valence-electron chi connectivity index (χ0n) is 9.92. The van der Waals surface area contributed by atoms with E-state index in [1.165, 1.54) is 0 Å². The van der Waals surface area contributed by atoms with Crippen LogP contribution in [0.3, 0.4) is 0 Å². The minimum atomic E-state index is -0.229. The van der Waals surface area contributed by atoms with E-state index in [-0.39, 0.29) is 11.6 Å². The van der Waals surface area contributed by atoms with E-state index in [2.05, 4.69) is 15.6 Å². The lowest BCUT2D eigenvalue weighted by Gasteiger charge is -2.07. The zero-order valence-corrected chi connectivity index (χ0v) is 11.5. The summed E-state index contributed by atoms with van der Waals surface area (Å²) in [7, 11) is 1.75. The molecule has 0 aliphatic rings. The Balaban J connectivity index is 2.61. The molecule has 1 aromatic heterocycles. The molecule has 1 rings (SSSR count). The zero-order chi connectivity index (χ0) is 12.7. The average Bonchev–Trinajstić information content (AvgIpc) is 2.35. The van der Waals surface area contributed by atoms with Gasteiger partial charge in [0.05, 0.1) is 5.02 Å². The van der Waals surface area contributed by atoms with Gasteiger partial charge in [0.15, 0.2) is 0 Å². The molecule has 0 unspecified atom stereocenters. The quantitative estimate of drug-likeness (QED) is 0.781.